The minimum absolute atomic E-state index is 0.259. The van der Waals surface area contributed by atoms with Gasteiger partial charge in [0, 0.05) is 18.3 Å². The SMILES string of the molecule is CC(=O)Nc1ccc(NC(=O)/C(C#N)=C/c2ccccc2C(F)(F)F)cc1. The number of nitrogens with one attached hydrogen (secondary N) is 2. The smallest absolute Gasteiger partial charge is 0.326 e. The summed E-state index contributed by atoms with van der Waals surface area (Å²) in [5.74, 6) is -1.11. The van der Waals surface area contributed by atoms with Crippen molar-refractivity contribution in [2.75, 3.05) is 10.6 Å². The molecule has 0 aliphatic carbocycles. The molecule has 0 atom stereocenters. The van der Waals surface area contributed by atoms with E-state index in [9.17, 15) is 22.8 Å². The van der Waals surface area contributed by atoms with Gasteiger partial charge in [0.25, 0.3) is 5.91 Å². The van der Waals surface area contributed by atoms with Crippen LogP contribution in [-0.4, -0.2) is 11.8 Å². The molecule has 0 fully saturated rings. The average molecular weight is 373 g/mol. The first-order chi connectivity index (χ1) is 12.7. The number of halogens is 3. The van der Waals surface area contributed by atoms with E-state index in [4.69, 9.17) is 5.26 Å². The van der Waals surface area contributed by atoms with Crippen molar-refractivity contribution in [1.29, 1.82) is 5.26 Å². The van der Waals surface area contributed by atoms with E-state index in [2.05, 4.69) is 10.6 Å². The highest BCUT2D eigenvalue weighted by Gasteiger charge is 2.32. The standard InChI is InChI=1S/C19H14F3N3O2/c1-12(26)24-15-6-8-16(9-7-15)25-18(27)14(11-23)10-13-4-2-3-5-17(13)19(20,21)22/h2-10H,1H3,(H,24,26)(H,25,27)/b14-10+. The zero-order valence-corrected chi connectivity index (χ0v) is 14.1. The Labute approximate surface area is 153 Å². The molecule has 0 aliphatic heterocycles. The molecule has 0 radical (unpaired) electrons. The first-order valence-electron chi connectivity index (χ1n) is 7.67. The lowest BCUT2D eigenvalue weighted by Gasteiger charge is -2.10. The Kier molecular flexibility index (Phi) is 5.98. The summed E-state index contributed by atoms with van der Waals surface area (Å²) >= 11 is 0. The minimum Gasteiger partial charge on any atom is -0.326 e. The summed E-state index contributed by atoms with van der Waals surface area (Å²) in [7, 11) is 0. The van der Waals surface area contributed by atoms with Gasteiger partial charge in [0.15, 0.2) is 0 Å². The maximum atomic E-state index is 13.0. The molecule has 27 heavy (non-hydrogen) atoms. The number of hydrogen-bond acceptors (Lipinski definition) is 3. The third kappa shape index (κ3) is 5.44. The van der Waals surface area contributed by atoms with E-state index in [1.54, 1.807) is 6.07 Å². The summed E-state index contributed by atoms with van der Waals surface area (Å²) in [6.07, 6.45) is -3.71. The lowest BCUT2D eigenvalue weighted by Crippen LogP contribution is -2.14. The topological polar surface area (TPSA) is 82.0 Å². The molecule has 2 rings (SSSR count). The molecule has 5 nitrogen and oxygen atoms in total. The molecule has 0 bridgehead atoms. The molecular weight excluding hydrogens is 359 g/mol. The van der Waals surface area contributed by atoms with Crippen LogP contribution in [0.4, 0.5) is 24.5 Å². The molecule has 0 saturated heterocycles. The van der Waals surface area contributed by atoms with Crippen molar-refractivity contribution in [3.05, 3.63) is 65.2 Å². The Morgan fingerprint density at radius 1 is 1.00 bits per heavy atom. The molecule has 2 aromatic rings. The van der Waals surface area contributed by atoms with E-state index < -0.39 is 23.2 Å². The fourth-order valence-electron chi connectivity index (χ4n) is 2.22. The number of alkyl halides is 3. The quantitative estimate of drug-likeness (QED) is 0.622. The number of carbonyl (C=O) groups excluding carboxylic acids is 2. The lowest BCUT2D eigenvalue weighted by atomic mass is 10.0. The first kappa shape index (κ1) is 19.7. The number of anilines is 2. The number of nitrogens with zero attached hydrogens (tertiary/aromatic N) is 1. The van der Waals surface area contributed by atoms with Crippen molar-refractivity contribution in [2.45, 2.75) is 13.1 Å². The van der Waals surface area contributed by atoms with Crippen LogP contribution in [-0.2, 0) is 15.8 Å². The molecule has 0 aliphatic rings. The first-order valence-corrected chi connectivity index (χ1v) is 7.67. The van der Waals surface area contributed by atoms with Crippen molar-refractivity contribution in [1.82, 2.24) is 0 Å². The van der Waals surface area contributed by atoms with Gasteiger partial charge in [0.1, 0.15) is 11.6 Å². The molecule has 138 valence electrons. The van der Waals surface area contributed by atoms with Crippen molar-refractivity contribution in [2.24, 2.45) is 0 Å². The van der Waals surface area contributed by atoms with Gasteiger partial charge in [-0.3, -0.25) is 9.59 Å². The van der Waals surface area contributed by atoms with Crippen molar-refractivity contribution in [3.8, 4) is 6.07 Å². The Morgan fingerprint density at radius 3 is 2.07 bits per heavy atom. The number of nitriles is 1. The van der Waals surface area contributed by atoms with Gasteiger partial charge in [0.05, 0.1) is 5.56 Å². The molecule has 0 saturated carbocycles. The molecule has 0 unspecified atom stereocenters. The zero-order chi connectivity index (χ0) is 20.0. The van der Waals surface area contributed by atoms with E-state index in [1.165, 1.54) is 49.4 Å². The van der Waals surface area contributed by atoms with Crippen molar-refractivity contribution >= 4 is 29.3 Å². The summed E-state index contributed by atoms with van der Waals surface area (Å²) in [5, 5.41) is 14.1. The van der Waals surface area contributed by atoms with Crippen LogP contribution in [0.25, 0.3) is 6.08 Å². The lowest BCUT2D eigenvalue weighted by molar-refractivity contribution is -0.137. The van der Waals surface area contributed by atoms with Crippen molar-refractivity contribution in [3.63, 3.8) is 0 Å². The van der Waals surface area contributed by atoms with Gasteiger partial charge >= 0.3 is 6.18 Å². The highest BCUT2D eigenvalue weighted by atomic mass is 19.4. The highest BCUT2D eigenvalue weighted by molar-refractivity contribution is 6.09. The van der Waals surface area contributed by atoms with Gasteiger partial charge in [-0.2, -0.15) is 18.4 Å². The van der Waals surface area contributed by atoms with Crippen LogP contribution in [0.15, 0.2) is 54.1 Å². The summed E-state index contributed by atoms with van der Waals surface area (Å²) in [5.41, 5.74) is -0.865. The third-order valence-electron chi connectivity index (χ3n) is 3.39. The predicted octanol–water partition coefficient (Wildman–Crippen LogP) is 4.21. The second-order valence-corrected chi connectivity index (χ2v) is 5.47. The van der Waals surface area contributed by atoms with Crippen LogP contribution in [0, 0.1) is 11.3 Å². The Hall–Kier alpha value is -3.60. The Balaban J connectivity index is 2.23. The maximum Gasteiger partial charge on any atom is 0.416 e. The van der Waals surface area contributed by atoms with Gasteiger partial charge in [-0.1, -0.05) is 18.2 Å². The maximum absolute atomic E-state index is 13.0. The molecule has 2 amide bonds. The number of hydrogen-bond donors (Lipinski definition) is 2. The fraction of sp³-hybridized carbons (Fsp3) is 0.105. The highest BCUT2D eigenvalue weighted by Crippen LogP contribution is 2.32. The van der Waals surface area contributed by atoms with Crippen LogP contribution in [0.3, 0.4) is 0 Å². The second kappa shape index (κ2) is 8.19. The normalized spacial score (nSPS) is 11.4. The van der Waals surface area contributed by atoms with E-state index in [0.717, 1.165) is 12.1 Å². The average Bonchev–Trinajstić information content (AvgIpc) is 2.60. The van der Waals surface area contributed by atoms with E-state index in [-0.39, 0.29) is 11.5 Å². The summed E-state index contributed by atoms with van der Waals surface area (Å²) < 4.78 is 39.1. The molecule has 0 aromatic heterocycles. The number of benzene rings is 2. The Morgan fingerprint density at radius 2 is 1.56 bits per heavy atom. The van der Waals surface area contributed by atoms with Crippen LogP contribution in [0.5, 0.6) is 0 Å². The van der Waals surface area contributed by atoms with Gasteiger partial charge in [0.2, 0.25) is 5.91 Å². The van der Waals surface area contributed by atoms with E-state index in [1.807, 2.05) is 0 Å². The van der Waals surface area contributed by atoms with Crippen LogP contribution in [0.1, 0.15) is 18.1 Å². The fourth-order valence-corrected chi connectivity index (χ4v) is 2.22. The molecule has 2 N–H and O–H groups in total. The van der Waals surface area contributed by atoms with Gasteiger partial charge in [-0.15, -0.1) is 0 Å². The van der Waals surface area contributed by atoms with Crippen LogP contribution < -0.4 is 10.6 Å². The number of carbonyl (C=O) groups is 2. The number of rotatable bonds is 4. The number of amides is 2. The predicted molar refractivity (Wildman–Crippen MR) is 94.4 cm³/mol. The van der Waals surface area contributed by atoms with Crippen LogP contribution >= 0.6 is 0 Å². The van der Waals surface area contributed by atoms with Gasteiger partial charge in [-0.25, -0.2) is 0 Å². The molecule has 0 spiro atoms. The zero-order valence-electron chi connectivity index (χ0n) is 14.1. The van der Waals surface area contributed by atoms with E-state index in [0.29, 0.717) is 11.4 Å². The summed E-state index contributed by atoms with van der Waals surface area (Å²) in [6.45, 7) is 1.35. The largest absolute Gasteiger partial charge is 0.416 e. The molecule has 0 heterocycles. The minimum atomic E-state index is -4.61. The van der Waals surface area contributed by atoms with Gasteiger partial charge < -0.3 is 10.6 Å². The molecular formula is C19H14F3N3O2. The summed E-state index contributed by atoms with van der Waals surface area (Å²) in [4.78, 5) is 23.2. The van der Waals surface area contributed by atoms with E-state index >= 15 is 0 Å². The molecule has 2 aromatic carbocycles. The summed E-state index contributed by atoms with van der Waals surface area (Å²) in [6, 6.07) is 12.3. The Bertz CT molecular complexity index is 926. The third-order valence-corrected chi connectivity index (χ3v) is 3.39. The van der Waals surface area contributed by atoms with Gasteiger partial charge in [-0.05, 0) is 42.0 Å². The monoisotopic (exact) mass is 373 g/mol. The second-order valence-electron chi connectivity index (χ2n) is 5.47. The van der Waals surface area contributed by atoms with Crippen molar-refractivity contribution < 1.29 is 22.8 Å². The molecule has 8 heteroatoms. The van der Waals surface area contributed by atoms with Crippen LogP contribution in [0.2, 0.25) is 0 Å².